The van der Waals surface area contributed by atoms with E-state index in [1.807, 2.05) is 36.4 Å². The lowest BCUT2D eigenvalue weighted by Crippen LogP contribution is -1.97. The molecule has 0 unspecified atom stereocenters. The van der Waals surface area contributed by atoms with Gasteiger partial charge in [-0.3, -0.25) is 0 Å². The summed E-state index contributed by atoms with van der Waals surface area (Å²) in [6, 6.07) is 12.0. The van der Waals surface area contributed by atoms with Crippen molar-refractivity contribution in [3.8, 4) is 0 Å². The highest BCUT2D eigenvalue weighted by atomic mass is 79.9. The largest absolute Gasteiger partial charge is 0.697 e. The summed E-state index contributed by atoms with van der Waals surface area (Å²) in [7, 11) is -2.10. The molecule has 0 saturated carbocycles. The molecule has 0 aliphatic rings. The van der Waals surface area contributed by atoms with E-state index >= 15 is 0 Å². The second-order valence-corrected chi connectivity index (χ2v) is 9.57. The molecule has 0 bridgehead atoms. The highest BCUT2D eigenvalue weighted by Gasteiger charge is 2.19. The molecule has 3 nitrogen and oxygen atoms in total. The lowest BCUT2D eigenvalue weighted by molar-refractivity contribution is 0.229. The minimum absolute atomic E-state index is 0.348. The Hall–Kier alpha value is 0.380. The van der Waals surface area contributed by atoms with E-state index in [0.717, 1.165) is 29.0 Å². The average Bonchev–Trinajstić information content (AvgIpc) is 2.45. The molecule has 8 heteroatoms. The number of rotatable bonds is 8. The van der Waals surface area contributed by atoms with Gasteiger partial charge in [0, 0.05) is 35.3 Å². The van der Waals surface area contributed by atoms with Crippen LogP contribution in [-0.4, -0.2) is 13.2 Å². The Labute approximate surface area is 176 Å². The molecule has 2 aromatic carbocycles. The van der Waals surface area contributed by atoms with Gasteiger partial charge in [0.25, 0.3) is 0 Å². The van der Waals surface area contributed by atoms with E-state index in [2.05, 4.69) is 63.7 Å². The molecule has 0 aromatic heterocycles. The molecule has 128 valence electrons. The van der Waals surface area contributed by atoms with Crippen LogP contribution >= 0.6 is 72.0 Å². The maximum absolute atomic E-state index is 11.8. The number of halogens is 4. The third kappa shape index (κ3) is 7.73. The maximum atomic E-state index is 11.8. The first kappa shape index (κ1) is 20.7. The van der Waals surface area contributed by atoms with Gasteiger partial charge in [-0.25, -0.2) is 0 Å². The molecule has 0 fully saturated rings. The summed E-state index contributed by atoms with van der Waals surface area (Å²) in [6.07, 6.45) is 1.34. The molecule has 2 aromatic rings. The fourth-order valence-electron chi connectivity index (χ4n) is 2.02. The Morgan fingerprint density at radius 3 is 1.33 bits per heavy atom. The van der Waals surface area contributed by atoms with Gasteiger partial charge in [-0.15, -0.1) is 9.05 Å². The third-order valence-corrected chi connectivity index (χ3v) is 5.64. The van der Waals surface area contributed by atoms with Crippen LogP contribution in [0.25, 0.3) is 0 Å². The summed E-state index contributed by atoms with van der Waals surface area (Å²) >= 11 is 13.8. The highest BCUT2D eigenvalue weighted by Crippen LogP contribution is 2.26. The Kier molecular flexibility index (Phi) is 9.06. The van der Waals surface area contributed by atoms with Gasteiger partial charge in [-0.2, -0.15) is 0 Å². The summed E-state index contributed by atoms with van der Waals surface area (Å²) in [5.41, 5.74) is 2.19. The molecule has 0 heterocycles. The topological polar surface area (TPSA) is 35.5 Å². The Morgan fingerprint density at radius 2 is 1.00 bits per heavy atom. The molecule has 0 atom stereocenters. The van der Waals surface area contributed by atoms with Crippen LogP contribution in [0.4, 0.5) is 0 Å². The standard InChI is InChI=1S/C16H14Br4O3P/c17-13-5-11(6-14(18)9-13)1-3-22-24(21)23-4-2-12-7-15(19)10-16(20)8-12/h5-10H,1-4H2/q+1. The van der Waals surface area contributed by atoms with Crippen molar-refractivity contribution in [3.05, 3.63) is 65.4 Å². The fourth-order valence-corrected chi connectivity index (χ4v) is 5.36. The summed E-state index contributed by atoms with van der Waals surface area (Å²) in [6.45, 7) is 0.695. The second-order valence-electron chi connectivity index (χ2n) is 4.95. The average molecular weight is 605 g/mol. The van der Waals surface area contributed by atoms with Crippen LogP contribution in [-0.2, 0) is 26.5 Å². The first-order valence-corrected chi connectivity index (χ1v) is 11.3. The molecule has 0 spiro atoms. The van der Waals surface area contributed by atoms with E-state index in [0.29, 0.717) is 26.1 Å². The van der Waals surface area contributed by atoms with Gasteiger partial charge in [-0.1, -0.05) is 63.7 Å². The van der Waals surface area contributed by atoms with Crippen LogP contribution in [0.2, 0.25) is 0 Å². The minimum atomic E-state index is -2.10. The van der Waals surface area contributed by atoms with Crippen LogP contribution < -0.4 is 0 Å². The molecule has 24 heavy (non-hydrogen) atoms. The molecule has 0 aliphatic heterocycles. The zero-order chi connectivity index (χ0) is 17.5. The van der Waals surface area contributed by atoms with Gasteiger partial charge in [0.15, 0.2) is 0 Å². The molecule has 0 amide bonds. The highest BCUT2D eigenvalue weighted by molar-refractivity contribution is 9.11. The first-order chi connectivity index (χ1) is 11.4. The molecule has 0 radical (unpaired) electrons. The Bertz CT molecular complexity index is 624. The van der Waals surface area contributed by atoms with Crippen molar-refractivity contribution < 1.29 is 13.6 Å². The minimum Gasteiger partial charge on any atom is -0.119 e. The zero-order valence-corrected chi connectivity index (χ0v) is 19.7. The second kappa shape index (κ2) is 10.5. The maximum Gasteiger partial charge on any atom is 0.697 e. The summed E-state index contributed by atoms with van der Waals surface area (Å²) in [5.74, 6) is 0. The number of benzene rings is 2. The van der Waals surface area contributed by atoms with Gasteiger partial charge in [0.05, 0.1) is 0 Å². The van der Waals surface area contributed by atoms with Crippen LogP contribution in [0.5, 0.6) is 0 Å². The van der Waals surface area contributed by atoms with E-state index in [4.69, 9.17) is 9.05 Å². The summed E-state index contributed by atoms with van der Waals surface area (Å²) in [4.78, 5) is 0. The third-order valence-electron chi connectivity index (χ3n) is 3.02. The van der Waals surface area contributed by atoms with Crippen molar-refractivity contribution in [1.82, 2.24) is 0 Å². The molecule has 0 aliphatic carbocycles. The van der Waals surface area contributed by atoms with E-state index in [1.165, 1.54) is 0 Å². The predicted octanol–water partition coefficient (Wildman–Crippen LogP) is 7.21. The van der Waals surface area contributed by atoms with Crippen molar-refractivity contribution in [2.75, 3.05) is 13.2 Å². The van der Waals surface area contributed by atoms with Gasteiger partial charge >= 0.3 is 8.25 Å². The summed E-state index contributed by atoms with van der Waals surface area (Å²) in [5, 5.41) is 0. The molecular weight excluding hydrogens is 591 g/mol. The summed E-state index contributed by atoms with van der Waals surface area (Å²) < 4.78 is 26.2. The van der Waals surface area contributed by atoms with Crippen LogP contribution in [0.1, 0.15) is 11.1 Å². The molecule has 0 N–H and O–H groups in total. The monoisotopic (exact) mass is 601 g/mol. The van der Waals surface area contributed by atoms with Gasteiger partial charge in [-0.05, 0) is 47.5 Å². The van der Waals surface area contributed by atoms with E-state index in [9.17, 15) is 4.57 Å². The number of hydrogen-bond acceptors (Lipinski definition) is 3. The van der Waals surface area contributed by atoms with Gasteiger partial charge in [0.2, 0.25) is 0 Å². The number of hydrogen-bond donors (Lipinski definition) is 0. The molecule has 0 saturated heterocycles. The van der Waals surface area contributed by atoms with E-state index < -0.39 is 8.25 Å². The van der Waals surface area contributed by atoms with Gasteiger partial charge < -0.3 is 0 Å². The van der Waals surface area contributed by atoms with Crippen molar-refractivity contribution in [2.24, 2.45) is 0 Å². The van der Waals surface area contributed by atoms with Crippen molar-refractivity contribution in [1.29, 1.82) is 0 Å². The van der Waals surface area contributed by atoms with Crippen molar-refractivity contribution in [3.63, 3.8) is 0 Å². The quantitative estimate of drug-likeness (QED) is 0.299. The fraction of sp³-hybridized carbons (Fsp3) is 0.250. The Balaban J connectivity index is 1.69. The van der Waals surface area contributed by atoms with Crippen molar-refractivity contribution >= 4 is 72.0 Å². The van der Waals surface area contributed by atoms with E-state index in [1.54, 1.807) is 0 Å². The molecular formula is C16H14Br4O3P+. The van der Waals surface area contributed by atoms with Gasteiger partial charge in [0.1, 0.15) is 13.2 Å². The predicted molar refractivity (Wildman–Crippen MR) is 111 cm³/mol. The first-order valence-electron chi connectivity index (χ1n) is 7.05. The van der Waals surface area contributed by atoms with E-state index in [-0.39, 0.29) is 0 Å². The normalized spacial score (nSPS) is 10.8. The lowest BCUT2D eigenvalue weighted by atomic mass is 10.2. The van der Waals surface area contributed by atoms with Crippen LogP contribution in [0, 0.1) is 0 Å². The molecule has 2 rings (SSSR count). The zero-order valence-electron chi connectivity index (χ0n) is 12.5. The van der Waals surface area contributed by atoms with Crippen LogP contribution in [0.15, 0.2) is 54.3 Å². The van der Waals surface area contributed by atoms with Crippen LogP contribution in [0.3, 0.4) is 0 Å². The van der Waals surface area contributed by atoms with Crippen molar-refractivity contribution in [2.45, 2.75) is 12.8 Å². The SMILES string of the molecule is O=[P+](OCCc1cc(Br)cc(Br)c1)OCCc1cc(Br)cc(Br)c1. The smallest absolute Gasteiger partial charge is 0.119 e. The Morgan fingerprint density at radius 1 is 0.667 bits per heavy atom. The lowest BCUT2D eigenvalue weighted by Gasteiger charge is -2.01.